The molecule has 1 aromatic rings. The zero-order valence-corrected chi connectivity index (χ0v) is 15.4. The van der Waals surface area contributed by atoms with Gasteiger partial charge in [0.05, 0.1) is 0 Å². The van der Waals surface area contributed by atoms with Crippen LogP contribution in [0.1, 0.15) is 63.1 Å². The number of nitrogens with zero attached hydrogens (tertiary/aromatic N) is 2. The molecule has 25 heavy (non-hydrogen) atoms. The third-order valence-electron chi connectivity index (χ3n) is 5.83. The van der Waals surface area contributed by atoms with Gasteiger partial charge in [0.2, 0.25) is 5.95 Å². The summed E-state index contributed by atoms with van der Waals surface area (Å²) in [6.07, 6.45) is 8.74. The monoisotopic (exact) mass is 346 g/mol. The lowest BCUT2D eigenvalue weighted by Crippen LogP contribution is -2.50. The molecule has 0 bridgehead atoms. The van der Waals surface area contributed by atoms with Crippen LogP contribution in [0.5, 0.6) is 0 Å². The van der Waals surface area contributed by atoms with Crippen LogP contribution in [-0.4, -0.2) is 34.5 Å². The minimum absolute atomic E-state index is 0.134. The molecule has 0 unspecified atom stereocenters. The van der Waals surface area contributed by atoms with Crippen molar-refractivity contribution in [2.24, 2.45) is 5.92 Å². The Morgan fingerprint density at radius 2 is 1.92 bits per heavy atom. The van der Waals surface area contributed by atoms with Crippen LogP contribution in [0.15, 0.2) is 0 Å². The van der Waals surface area contributed by atoms with E-state index in [9.17, 15) is 4.79 Å². The number of aryl methyl sites for hydroxylation is 1. The molecule has 3 rings (SSSR count). The van der Waals surface area contributed by atoms with Gasteiger partial charge in [-0.1, -0.05) is 32.1 Å². The fourth-order valence-electron chi connectivity index (χ4n) is 4.16. The van der Waals surface area contributed by atoms with Crippen LogP contribution in [0, 0.1) is 12.8 Å². The number of nitrogens with two attached hydrogens (primary N) is 1. The second kappa shape index (κ2) is 7.68. The summed E-state index contributed by atoms with van der Waals surface area (Å²) < 4.78 is 5.46. The lowest BCUT2D eigenvalue weighted by atomic mass is 9.83. The van der Waals surface area contributed by atoms with Crippen molar-refractivity contribution in [3.8, 4) is 0 Å². The Balaban J connectivity index is 1.89. The summed E-state index contributed by atoms with van der Waals surface area (Å²) in [4.78, 5) is 21.3. The molecule has 1 saturated heterocycles. The maximum absolute atomic E-state index is 12.4. The Morgan fingerprint density at radius 1 is 1.24 bits per heavy atom. The normalized spacial score (nSPS) is 21.0. The predicted molar refractivity (Wildman–Crippen MR) is 98.5 cm³/mol. The second-order valence-corrected chi connectivity index (χ2v) is 7.58. The average Bonchev–Trinajstić information content (AvgIpc) is 2.59. The molecule has 1 saturated carbocycles. The largest absolute Gasteiger partial charge is 0.381 e. The molecule has 2 aliphatic rings. The highest BCUT2D eigenvalue weighted by Crippen LogP contribution is 2.33. The van der Waals surface area contributed by atoms with Gasteiger partial charge < -0.3 is 15.8 Å². The number of rotatable bonds is 5. The topological polar surface area (TPSA) is 90.1 Å². The molecule has 6 nitrogen and oxygen atoms in total. The van der Waals surface area contributed by atoms with Gasteiger partial charge in [0.25, 0.3) is 0 Å². The van der Waals surface area contributed by atoms with Crippen LogP contribution >= 0.6 is 0 Å². The average molecular weight is 346 g/mol. The lowest BCUT2D eigenvalue weighted by Gasteiger charge is -2.37. The van der Waals surface area contributed by atoms with Crippen molar-refractivity contribution < 1.29 is 9.53 Å². The number of ketones is 1. The minimum atomic E-state index is -0.604. The Bertz CT molecular complexity index is 620. The van der Waals surface area contributed by atoms with E-state index in [1.54, 1.807) is 6.92 Å². The number of hydrogen-bond donors (Lipinski definition) is 2. The summed E-state index contributed by atoms with van der Waals surface area (Å²) in [6, 6.07) is 0. The molecule has 6 heteroatoms. The van der Waals surface area contributed by atoms with Crippen molar-refractivity contribution in [2.75, 3.05) is 24.3 Å². The van der Waals surface area contributed by atoms with Crippen LogP contribution in [0.4, 0.5) is 11.8 Å². The second-order valence-electron chi connectivity index (χ2n) is 7.58. The highest BCUT2D eigenvalue weighted by Gasteiger charge is 2.38. The SMILES string of the molecule is CC(=O)C1(Nc2nc(N)nc(C)c2CC2CCCCC2)CCOCC1. The summed E-state index contributed by atoms with van der Waals surface area (Å²) in [6.45, 7) is 4.82. The Morgan fingerprint density at radius 3 is 2.56 bits per heavy atom. The molecule has 0 amide bonds. The van der Waals surface area contributed by atoms with Crippen molar-refractivity contribution in [1.82, 2.24) is 9.97 Å². The van der Waals surface area contributed by atoms with E-state index in [4.69, 9.17) is 10.5 Å². The molecule has 0 spiro atoms. The highest BCUT2D eigenvalue weighted by molar-refractivity contribution is 5.89. The van der Waals surface area contributed by atoms with E-state index in [2.05, 4.69) is 15.3 Å². The number of carbonyl (C=O) groups is 1. The van der Waals surface area contributed by atoms with Gasteiger partial charge in [0.1, 0.15) is 11.4 Å². The fourth-order valence-corrected chi connectivity index (χ4v) is 4.16. The van der Waals surface area contributed by atoms with E-state index in [0.29, 0.717) is 32.0 Å². The van der Waals surface area contributed by atoms with E-state index < -0.39 is 5.54 Å². The summed E-state index contributed by atoms with van der Waals surface area (Å²) >= 11 is 0. The highest BCUT2D eigenvalue weighted by atomic mass is 16.5. The molecule has 0 atom stereocenters. The molecule has 3 N–H and O–H groups in total. The minimum Gasteiger partial charge on any atom is -0.381 e. The van der Waals surface area contributed by atoms with E-state index in [1.165, 1.54) is 32.1 Å². The van der Waals surface area contributed by atoms with E-state index in [-0.39, 0.29) is 11.7 Å². The van der Waals surface area contributed by atoms with Gasteiger partial charge in [-0.15, -0.1) is 0 Å². The third-order valence-corrected chi connectivity index (χ3v) is 5.83. The van der Waals surface area contributed by atoms with E-state index >= 15 is 0 Å². The van der Waals surface area contributed by atoms with E-state index in [1.807, 2.05) is 6.92 Å². The first-order valence-electron chi connectivity index (χ1n) is 9.50. The molecular weight excluding hydrogens is 316 g/mol. The molecule has 0 radical (unpaired) electrons. The smallest absolute Gasteiger partial charge is 0.222 e. The van der Waals surface area contributed by atoms with Gasteiger partial charge in [-0.3, -0.25) is 4.79 Å². The number of Topliss-reactive ketones (excluding diaryl/α,β-unsaturated/α-hetero) is 1. The standard InChI is InChI=1S/C19H30N4O2/c1-13-16(12-15-6-4-3-5-7-15)17(22-18(20)21-13)23-19(14(2)24)8-10-25-11-9-19/h15H,3-12H2,1-2H3,(H3,20,21,22,23). The van der Waals surface area contributed by atoms with Crippen LogP contribution < -0.4 is 11.1 Å². The van der Waals surface area contributed by atoms with E-state index in [0.717, 1.165) is 23.5 Å². The number of ether oxygens (including phenoxy) is 1. The van der Waals surface area contributed by atoms with Gasteiger partial charge in [-0.2, -0.15) is 4.98 Å². The number of hydrogen-bond acceptors (Lipinski definition) is 6. The summed E-state index contributed by atoms with van der Waals surface area (Å²) in [5.74, 6) is 1.81. The molecule has 1 aliphatic heterocycles. The predicted octanol–water partition coefficient (Wildman–Crippen LogP) is 3.04. The zero-order chi connectivity index (χ0) is 17.9. The Kier molecular flexibility index (Phi) is 5.57. The summed E-state index contributed by atoms with van der Waals surface area (Å²) in [5.41, 5.74) is 7.35. The van der Waals surface area contributed by atoms with Crippen molar-refractivity contribution >= 4 is 17.5 Å². The lowest BCUT2D eigenvalue weighted by molar-refractivity contribution is -0.124. The molecular formula is C19H30N4O2. The van der Waals surface area contributed by atoms with Crippen molar-refractivity contribution in [3.63, 3.8) is 0 Å². The summed E-state index contributed by atoms with van der Waals surface area (Å²) in [7, 11) is 0. The van der Waals surface area contributed by atoms with Gasteiger partial charge >= 0.3 is 0 Å². The molecule has 0 aromatic carbocycles. The first kappa shape index (κ1) is 18.1. The van der Waals surface area contributed by atoms with Crippen molar-refractivity contribution in [3.05, 3.63) is 11.3 Å². The van der Waals surface area contributed by atoms with Crippen LogP contribution in [0.2, 0.25) is 0 Å². The Hall–Kier alpha value is -1.69. The summed E-state index contributed by atoms with van der Waals surface area (Å²) in [5, 5.41) is 3.47. The molecule has 138 valence electrons. The van der Waals surface area contributed by atoms with Gasteiger partial charge in [-0.05, 0) is 26.2 Å². The van der Waals surface area contributed by atoms with Gasteiger partial charge in [-0.25, -0.2) is 4.98 Å². The van der Waals surface area contributed by atoms with Crippen molar-refractivity contribution in [2.45, 2.75) is 70.8 Å². The molecule has 1 aliphatic carbocycles. The Labute approximate surface area is 149 Å². The molecule has 2 fully saturated rings. The van der Waals surface area contributed by atoms with Gasteiger partial charge in [0, 0.05) is 37.3 Å². The number of anilines is 2. The molecule has 1 aromatic heterocycles. The maximum Gasteiger partial charge on any atom is 0.222 e. The van der Waals surface area contributed by atoms with Crippen LogP contribution in [0.25, 0.3) is 0 Å². The number of nitrogen functional groups attached to an aromatic ring is 1. The molecule has 2 heterocycles. The number of carbonyl (C=O) groups excluding carboxylic acids is 1. The first-order valence-corrected chi connectivity index (χ1v) is 9.50. The van der Waals surface area contributed by atoms with Crippen LogP contribution in [0.3, 0.4) is 0 Å². The zero-order valence-electron chi connectivity index (χ0n) is 15.4. The van der Waals surface area contributed by atoms with Crippen LogP contribution in [-0.2, 0) is 16.0 Å². The first-order chi connectivity index (χ1) is 12.0. The number of nitrogens with one attached hydrogen (secondary N) is 1. The van der Waals surface area contributed by atoms with Gasteiger partial charge in [0.15, 0.2) is 5.78 Å². The van der Waals surface area contributed by atoms with Crippen molar-refractivity contribution in [1.29, 1.82) is 0 Å². The maximum atomic E-state index is 12.4. The third kappa shape index (κ3) is 4.11. The quantitative estimate of drug-likeness (QED) is 0.852. The fraction of sp³-hybridized carbons (Fsp3) is 0.737. The number of aromatic nitrogens is 2.